The van der Waals surface area contributed by atoms with Gasteiger partial charge in [-0.3, -0.25) is 4.79 Å². The van der Waals surface area contributed by atoms with E-state index in [0.717, 1.165) is 33.2 Å². The molecule has 41 heavy (non-hydrogen) atoms. The van der Waals surface area contributed by atoms with Crippen LogP contribution in [-0.4, -0.2) is 11.0 Å². The summed E-state index contributed by atoms with van der Waals surface area (Å²) in [5.41, 5.74) is 6.92. The third kappa shape index (κ3) is 6.05. The molecule has 0 saturated heterocycles. The van der Waals surface area contributed by atoms with Crippen LogP contribution in [0.4, 0.5) is 17.1 Å². The molecular formula is C35H28N4O2. The van der Waals surface area contributed by atoms with E-state index in [1.165, 1.54) is 0 Å². The highest BCUT2D eigenvalue weighted by molar-refractivity contribution is 6.12. The Bertz CT molecular complexity index is 1860. The number of hydrogen-bond acceptors (Lipinski definition) is 5. The minimum atomic E-state index is -0.439. The quantitative estimate of drug-likeness (QED) is 0.129. The minimum absolute atomic E-state index is 0.105. The Hall–Kier alpha value is -5.54. The Kier molecular flexibility index (Phi) is 7.71. The summed E-state index contributed by atoms with van der Waals surface area (Å²) in [6.07, 6.45) is 1.84. The zero-order valence-electron chi connectivity index (χ0n) is 23.0. The number of phenolic OH excluding ortho intramolecular Hbond substituents is 1. The molecule has 0 aliphatic rings. The third-order valence-corrected chi connectivity index (χ3v) is 6.82. The number of anilines is 1. The van der Waals surface area contributed by atoms with Gasteiger partial charge in [0.25, 0.3) is 5.91 Å². The number of carbonyl (C=O) groups excluding carboxylic acids is 1. The molecule has 0 unspecified atom stereocenters. The SMILES string of the molecule is Cc1ccc(C=C(C#N)c2ccc(N=Nc3c(O)c(C(=O)Nc4ccc(C)cc4C)cc4ccccc34)cc2)cc1. The van der Waals surface area contributed by atoms with Gasteiger partial charge >= 0.3 is 0 Å². The number of allylic oxidation sites excluding steroid dienone is 1. The number of aromatic hydroxyl groups is 1. The van der Waals surface area contributed by atoms with Crippen LogP contribution in [0.5, 0.6) is 5.75 Å². The summed E-state index contributed by atoms with van der Waals surface area (Å²) in [7, 11) is 0. The Morgan fingerprint density at radius 1 is 0.854 bits per heavy atom. The smallest absolute Gasteiger partial charge is 0.259 e. The summed E-state index contributed by atoms with van der Waals surface area (Å²) >= 11 is 0. The first kappa shape index (κ1) is 27.0. The minimum Gasteiger partial charge on any atom is -0.505 e. The molecule has 0 saturated carbocycles. The number of amides is 1. The van der Waals surface area contributed by atoms with Crippen molar-refractivity contribution in [2.24, 2.45) is 10.2 Å². The molecule has 200 valence electrons. The fourth-order valence-electron chi connectivity index (χ4n) is 4.56. The summed E-state index contributed by atoms with van der Waals surface area (Å²) in [5, 5.41) is 33.9. The maximum absolute atomic E-state index is 13.2. The van der Waals surface area contributed by atoms with Gasteiger partial charge in [-0.15, -0.1) is 5.11 Å². The molecule has 0 aliphatic carbocycles. The lowest BCUT2D eigenvalue weighted by molar-refractivity contribution is 0.102. The fraction of sp³-hybridized carbons (Fsp3) is 0.0857. The predicted molar refractivity (Wildman–Crippen MR) is 165 cm³/mol. The van der Waals surface area contributed by atoms with Crippen LogP contribution in [0.25, 0.3) is 22.4 Å². The molecule has 0 atom stereocenters. The molecule has 0 spiro atoms. The molecule has 0 aromatic heterocycles. The second kappa shape index (κ2) is 11.7. The number of nitrogens with zero attached hydrogens (tertiary/aromatic N) is 3. The first-order valence-corrected chi connectivity index (χ1v) is 13.2. The average Bonchev–Trinajstić information content (AvgIpc) is 2.98. The normalized spacial score (nSPS) is 11.5. The van der Waals surface area contributed by atoms with Crippen molar-refractivity contribution in [3.63, 3.8) is 0 Å². The lowest BCUT2D eigenvalue weighted by atomic mass is 10.0. The summed E-state index contributed by atoms with van der Waals surface area (Å²) in [6.45, 7) is 5.93. The molecule has 5 rings (SSSR count). The zero-order chi connectivity index (χ0) is 28.9. The number of benzene rings is 5. The number of rotatable bonds is 6. The first-order valence-electron chi connectivity index (χ1n) is 13.2. The van der Waals surface area contributed by atoms with Crippen LogP contribution in [0.1, 0.15) is 38.2 Å². The molecule has 5 aromatic carbocycles. The van der Waals surface area contributed by atoms with E-state index in [0.29, 0.717) is 22.3 Å². The predicted octanol–water partition coefficient (Wildman–Crippen LogP) is 9.20. The number of azo groups is 1. The van der Waals surface area contributed by atoms with Crippen LogP contribution in [0, 0.1) is 32.1 Å². The second-order valence-corrected chi connectivity index (χ2v) is 9.94. The number of phenols is 1. The first-order chi connectivity index (χ1) is 19.8. The largest absolute Gasteiger partial charge is 0.505 e. The molecule has 0 fully saturated rings. The van der Waals surface area contributed by atoms with Crippen LogP contribution in [-0.2, 0) is 0 Å². The van der Waals surface area contributed by atoms with Crippen LogP contribution in [0.15, 0.2) is 107 Å². The highest BCUT2D eigenvalue weighted by Crippen LogP contribution is 2.40. The molecule has 6 heteroatoms. The highest BCUT2D eigenvalue weighted by atomic mass is 16.3. The third-order valence-electron chi connectivity index (χ3n) is 6.82. The Morgan fingerprint density at radius 3 is 2.27 bits per heavy atom. The summed E-state index contributed by atoms with van der Waals surface area (Å²) in [5.74, 6) is -0.690. The van der Waals surface area contributed by atoms with E-state index in [1.54, 1.807) is 18.2 Å². The number of fused-ring (bicyclic) bond motifs is 1. The van der Waals surface area contributed by atoms with Crippen LogP contribution >= 0.6 is 0 Å². The van der Waals surface area contributed by atoms with Gasteiger partial charge in [-0.2, -0.15) is 10.4 Å². The number of nitriles is 1. The van der Waals surface area contributed by atoms with E-state index >= 15 is 0 Å². The summed E-state index contributed by atoms with van der Waals surface area (Å²) in [6, 6.07) is 32.2. The average molecular weight is 537 g/mol. The molecule has 2 N–H and O–H groups in total. The molecule has 5 aromatic rings. The summed E-state index contributed by atoms with van der Waals surface area (Å²) < 4.78 is 0. The topological polar surface area (TPSA) is 97.8 Å². The summed E-state index contributed by atoms with van der Waals surface area (Å²) in [4.78, 5) is 13.2. The highest BCUT2D eigenvalue weighted by Gasteiger charge is 2.19. The maximum Gasteiger partial charge on any atom is 0.259 e. The Labute approximate surface area is 238 Å². The molecule has 1 amide bonds. The van der Waals surface area contributed by atoms with Gasteiger partial charge < -0.3 is 10.4 Å². The molecule has 0 radical (unpaired) electrons. The monoisotopic (exact) mass is 536 g/mol. The van der Waals surface area contributed by atoms with Crippen molar-refractivity contribution >= 4 is 45.4 Å². The van der Waals surface area contributed by atoms with Gasteiger partial charge in [-0.1, -0.05) is 83.9 Å². The molecule has 0 bridgehead atoms. The lowest BCUT2D eigenvalue weighted by Gasteiger charge is -2.13. The van der Waals surface area contributed by atoms with Crippen LogP contribution in [0.3, 0.4) is 0 Å². The number of nitrogens with one attached hydrogen (secondary N) is 1. The molecule has 6 nitrogen and oxygen atoms in total. The molecule has 0 aliphatic heterocycles. The second-order valence-electron chi connectivity index (χ2n) is 9.94. The number of hydrogen-bond donors (Lipinski definition) is 2. The van der Waals surface area contributed by atoms with Gasteiger partial charge in [0.1, 0.15) is 5.69 Å². The van der Waals surface area contributed by atoms with Crippen molar-refractivity contribution in [3.8, 4) is 11.8 Å². The Morgan fingerprint density at radius 2 is 1.56 bits per heavy atom. The van der Waals surface area contributed by atoms with Gasteiger partial charge in [0.2, 0.25) is 0 Å². The van der Waals surface area contributed by atoms with E-state index < -0.39 is 5.91 Å². The van der Waals surface area contributed by atoms with Gasteiger partial charge in [0.15, 0.2) is 5.75 Å². The molecular weight excluding hydrogens is 508 g/mol. The van der Waals surface area contributed by atoms with E-state index in [2.05, 4.69) is 21.6 Å². The zero-order valence-corrected chi connectivity index (χ0v) is 23.0. The van der Waals surface area contributed by atoms with Crippen molar-refractivity contribution < 1.29 is 9.90 Å². The standard InChI is InChI=1S/C35H28N4O2/c1-22-8-11-25(12-9-22)19-28(21-36)26-13-15-29(16-14-26)38-39-33-30-7-5-4-6-27(30)20-31(34(33)40)35(41)37-32-17-10-23(2)18-24(32)3/h4-20,40H,1-3H3,(H,37,41). The van der Waals surface area contributed by atoms with Crippen molar-refractivity contribution in [1.29, 1.82) is 5.26 Å². The van der Waals surface area contributed by atoms with Crippen LogP contribution < -0.4 is 5.32 Å². The fourth-order valence-corrected chi connectivity index (χ4v) is 4.56. The van der Waals surface area contributed by atoms with Crippen molar-refractivity contribution in [1.82, 2.24) is 0 Å². The molecule has 0 heterocycles. The van der Waals surface area contributed by atoms with Crippen molar-refractivity contribution in [3.05, 3.63) is 130 Å². The van der Waals surface area contributed by atoms with Crippen molar-refractivity contribution in [2.45, 2.75) is 20.8 Å². The number of carbonyl (C=O) groups is 1. The van der Waals surface area contributed by atoms with E-state index in [4.69, 9.17) is 0 Å². The van der Waals surface area contributed by atoms with E-state index in [9.17, 15) is 15.2 Å². The van der Waals surface area contributed by atoms with Gasteiger partial charge in [-0.05, 0) is 73.2 Å². The van der Waals surface area contributed by atoms with Gasteiger partial charge in [0, 0.05) is 11.1 Å². The van der Waals surface area contributed by atoms with Crippen molar-refractivity contribution in [2.75, 3.05) is 5.32 Å². The van der Waals surface area contributed by atoms with E-state index in [-0.39, 0.29) is 17.0 Å². The van der Waals surface area contributed by atoms with Gasteiger partial charge in [0.05, 0.1) is 22.9 Å². The number of aryl methyl sites for hydroxylation is 3. The Balaban J connectivity index is 1.45. The lowest BCUT2D eigenvalue weighted by Crippen LogP contribution is -2.13. The maximum atomic E-state index is 13.2. The van der Waals surface area contributed by atoms with Gasteiger partial charge in [-0.25, -0.2) is 0 Å². The van der Waals surface area contributed by atoms with E-state index in [1.807, 2.05) is 106 Å². The van der Waals surface area contributed by atoms with Crippen LogP contribution in [0.2, 0.25) is 0 Å².